The van der Waals surface area contributed by atoms with Gasteiger partial charge in [-0.25, -0.2) is 0 Å². The molecular weight excluding hydrogens is 444 g/mol. The quantitative estimate of drug-likeness (QED) is 0.0939. The van der Waals surface area contributed by atoms with Gasteiger partial charge < -0.3 is 4.43 Å². The monoisotopic (exact) mass is 482 g/mol. The summed E-state index contributed by atoms with van der Waals surface area (Å²) in [6.45, 7) is 7.75. The van der Waals surface area contributed by atoms with Crippen LogP contribution in [0.1, 0.15) is 51.2 Å². The third kappa shape index (κ3) is 7.00. The molecule has 3 aromatic rings. The van der Waals surface area contributed by atoms with Gasteiger partial charge >= 0.3 is 0 Å². The third-order valence-electron chi connectivity index (χ3n) is 6.46. The molecule has 3 heteroatoms. The maximum absolute atomic E-state index is 10.5. The van der Waals surface area contributed by atoms with Gasteiger partial charge in [-0.1, -0.05) is 130 Å². The van der Waals surface area contributed by atoms with Gasteiger partial charge in [0.1, 0.15) is 6.29 Å². The second-order valence-corrected chi connectivity index (χ2v) is 14.2. The predicted octanol–water partition coefficient (Wildman–Crippen LogP) is 6.74. The molecule has 0 aliphatic carbocycles. The maximum atomic E-state index is 10.5. The first kappa shape index (κ1) is 26.6. The lowest BCUT2D eigenvalue weighted by Crippen LogP contribution is -2.66. The van der Waals surface area contributed by atoms with Crippen molar-refractivity contribution in [3.05, 3.63) is 114 Å². The van der Waals surface area contributed by atoms with Crippen molar-refractivity contribution in [2.24, 2.45) is 0 Å². The summed E-state index contributed by atoms with van der Waals surface area (Å²) in [5.41, 5.74) is 2.56. The zero-order valence-electron chi connectivity index (χ0n) is 21.3. The standard InChI is InChI=1S/C32H38O2Si/c1-32(2,3)35(30-22-10-4-11-23-30,31-24-12-5-13-25-31)34-27-17-7-9-19-29-21-15-14-20-28(29)18-8-6-16-26-33/h4-6,8,10-16,18,20-26H,7,9,17,19,27H2,1-3H3. The summed E-state index contributed by atoms with van der Waals surface area (Å²) in [5, 5.41) is 2.69. The molecule has 0 N–H and O–H groups in total. The van der Waals surface area contributed by atoms with E-state index in [1.54, 1.807) is 6.08 Å². The van der Waals surface area contributed by atoms with Gasteiger partial charge in [0.25, 0.3) is 8.32 Å². The van der Waals surface area contributed by atoms with Crippen LogP contribution in [0, 0.1) is 0 Å². The minimum Gasteiger partial charge on any atom is -0.407 e. The van der Waals surface area contributed by atoms with Crippen molar-refractivity contribution in [1.82, 2.24) is 0 Å². The molecule has 0 radical (unpaired) electrons. The molecule has 3 rings (SSSR count). The van der Waals surface area contributed by atoms with Crippen LogP contribution in [0.5, 0.6) is 0 Å². The molecule has 0 bridgehead atoms. The summed E-state index contributed by atoms with van der Waals surface area (Å²) in [4.78, 5) is 10.5. The van der Waals surface area contributed by atoms with Crippen LogP contribution in [0.2, 0.25) is 5.04 Å². The topological polar surface area (TPSA) is 26.3 Å². The van der Waals surface area contributed by atoms with E-state index in [2.05, 4.69) is 112 Å². The van der Waals surface area contributed by atoms with Gasteiger partial charge in [-0.2, -0.15) is 0 Å². The number of unbranched alkanes of at least 4 members (excludes halogenated alkanes) is 2. The number of benzene rings is 3. The Bertz CT molecular complexity index is 1060. The molecule has 0 spiro atoms. The zero-order valence-corrected chi connectivity index (χ0v) is 22.3. The summed E-state index contributed by atoms with van der Waals surface area (Å²) >= 11 is 0. The highest BCUT2D eigenvalue weighted by Crippen LogP contribution is 2.36. The van der Waals surface area contributed by atoms with Gasteiger partial charge in [0.15, 0.2) is 0 Å². The lowest BCUT2D eigenvalue weighted by molar-refractivity contribution is -0.104. The Balaban J connectivity index is 1.65. The minimum atomic E-state index is -2.44. The van der Waals surface area contributed by atoms with Crippen LogP contribution in [-0.2, 0) is 15.6 Å². The van der Waals surface area contributed by atoms with Crippen LogP contribution < -0.4 is 10.4 Å². The second-order valence-electron chi connectivity index (χ2n) is 9.90. The molecule has 0 atom stereocenters. The number of allylic oxidation sites excluding steroid dienone is 3. The first-order valence-corrected chi connectivity index (χ1v) is 14.5. The van der Waals surface area contributed by atoms with E-state index < -0.39 is 8.32 Å². The Morgan fingerprint density at radius 1 is 0.714 bits per heavy atom. The molecule has 0 unspecified atom stereocenters. The van der Waals surface area contributed by atoms with Gasteiger partial charge in [0.05, 0.1) is 0 Å². The van der Waals surface area contributed by atoms with Crippen LogP contribution in [0.3, 0.4) is 0 Å². The van der Waals surface area contributed by atoms with Gasteiger partial charge in [-0.05, 0) is 51.9 Å². The zero-order chi connectivity index (χ0) is 25.0. The number of rotatable bonds is 12. The molecule has 0 saturated carbocycles. The summed E-state index contributed by atoms with van der Waals surface area (Å²) < 4.78 is 7.01. The first-order valence-electron chi connectivity index (χ1n) is 12.6. The van der Waals surface area contributed by atoms with E-state index in [1.165, 1.54) is 27.6 Å². The molecule has 0 saturated heterocycles. The van der Waals surface area contributed by atoms with E-state index in [0.717, 1.165) is 38.6 Å². The fourth-order valence-electron chi connectivity index (χ4n) is 4.77. The number of aldehydes is 1. The fourth-order valence-corrected chi connectivity index (χ4v) is 9.38. The Hall–Kier alpha value is -3.01. The van der Waals surface area contributed by atoms with Crippen LogP contribution in [0.15, 0.2) is 103 Å². The van der Waals surface area contributed by atoms with Gasteiger partial charge in [-0.3, -0.25) is 4.79 Å². The Morgan fingerprint density at radius 3 is 1.91 bits per heavy atom. The van der Waals surface area contributed by atoms with Crippen molar-refractivity contribution in [2.45, 2.75) is 51.5 Å². The largest absolute Gasteiger partial charge is 0.407 e. The number of aryl methyl sites for hydroxylation is 1. The molecule has 3 aromatic carbocycles. The molecule has 35 heavy (non-hydrogen) atoms. The van der Waals surface area contributed by atoms with Crippen molar-refractivity contribution in [3.8, 4) is 0 Å². The smallest absolute Gasteiger partial charge is 0.261 e. The number of carbonyl (C=O) groups is 1. The van der Waals surface area contributed by atoms with Gasteiger partial charge in [0, 0.05) is 6.61 Å². The lowest BCUT2D eigenvalue weighted by atomic mass is 10.0. The van der Waals surface area contributed by atoms with Gasteiger partial charge in [-0.15, -0.1) is 0 Å². The normalized spacial score (nSPS) is 12.4. The Kier molecular flexibility index (Phi) is 10.0. The molecule has 182 valence electrons. The van der Waals surface area contributed by atoms with E-state index in [-0.39, 0.29) is 5.04 Å². The van der Waals surface area contributed by atoms with Crippen molar-refractivity contribution in [1.29, 1.82) is 0 Å². The molecule has 0 aliphatic rings. The summed E-state index contributed by atoms with van der Waals surface area (Å²) in [6.07, 6.45) is 12.4. The molecule has 2 nitrogen and oxygen atoms in total. The van der Waals surface area contributed by atoms with Crippen molar-refractivity contribution in [2.75, 3.05) is 6.61 Å². The summed E-state index contributed by atoms with van der Waals surface area (Å²) in [6, 6.07) is 30.2. The summed E-state index contributed by atoms with van der Waals surface area (Å²) in [5.74, 6) is 0. The summed E-state index contributed by atoms with van der Waals surface area (Å²) in [7, 11) is -2.44. The number of carbonyl (C=O) groups excluding carboxylic acids is 1. The predicted molar refractivity (Wildman–Crippen MR) is 152 cm³/mol. The first-order chi connectivity index (χ1) is 17.0. The Morgan fingerprint density at radius 2 is 1.31 bits per heavy atom. The Labute approximate surface area is 212 Å². The molecule has 0 amide bonds. The van der Waals surface area contributed by atoms with E-state index in [9.17, 15) is 4.79 Å². The fraction of sp³-hybridized carbons (Fsp3) is 0.281. The molecule has 0 fully saturated rings. The highest BCUT2D eigenvalue weighted by atomic mass is 28.4. The highest BCUT2D eigenvalue weighted by molar-refractivity contribution is 6.99. The van der Waals surface area contributed by atoms with Crippen molar-refractivity contribution in [3.63, 3.8) is 0 Å². The second kappa shape index (κ2) is 13.2. The third-order valence-corrected chi connectivity index (χ3v) is 11.5. The van der Waals surface area contributed by atoms with E-state index in [1.807, 2.05) is 6.08 Å². The number of hydrogen-bond acceptors (Lipinski definition) is 2. The maximum Gasteiger partial charge on any atom is 0.261 e. The molecular formula is C32H38O2Si. The number of hydrogen-bond donors (Lipinski definition) is 0. The van der Waals surface area contributed by atoms with Crippen LogP contribution in [0.25, 0.3) is 6.08 Å². The van der Waals surface area contributed by atoms with Crippen molar-refractivity contribution >= 4 is 31.1 Å². The SMILES string of the molecule is CC(C)(C)[Si](OCCCCCc1ccccc1C=CC=CC=O)(c1ccccc1)c1ccccc1. The minimum absolute atomic E-state index is 0.0132. The average molecular weight is 483 g/mol. The van der Waals surface area contributed by atoms with Gasteiger partial charge in [0.2, 0.25) is 0 Å². The van der Waals surface area contributed by atoms with E-state index in [4.69, 9.17) is 4.43 Å². The van der Waals surface area contributed by atoms with Crippen LogP contribution in [-0.4, -0.2) is 21.2 Å². The van der Waals surface area contributed by atoms with Crippen LogP contribution >= 0.6 is 0 Å². The molecule has 0 aromatic heterocycles. The average Bonchev–Trinajstić information content (AvgIpc) is 2.87. The van der Waals surface area contributed by atoms with Crippen molar-refractivity contribution < 1.29 is 9.22 Å². The lowest BCUT2D eigenvalue weighted by Gasteiger charge is -2.43. The highest BCUT2D eigenvalue weighted by Gasteiger charge is 2.49. The molecule has 0 aliphatic heterocycles. The van der Waals surface area contributed by atoms with Crippen LogP contribution in [0.4, 0.5) is 0 Å². The van der Waals surface area contributed by atoms with E-state index in [0.29, 0.717) is 0 Å². The molecule has 0 heterocycles. The van der Waals surface area contributed by atoms with E-state index >= 15 is 0 Å².